The summed E-state index contributed by atoms with van der Waals surface area (Å²) in [6.45, 7) is 2.93. The fraction of sp³-hybridized carbons (Fsp3) is 0.462. The van der Waals surface area contributed by atoms with E-state index >= 15 is 0 Å². The number of amides is 1. The number of nitrogens with two attached hydrogens (primary N) is 1. The molecule has 2 rings (SSSR count). The minimum absolute atomic E-state index is 0.0311. The van der Waals surface area contributed by atoms with Crippen LogP contribution in [0.5, 0.6) is 0 Å². The van der Waals surface area contributed by atoms with Gasteiger partial charge in [-0.25, -0.2) is 8.42 Å². The van der Waals surface area contributed by atoms with Gasteiger partial charge in [0.05, 0.1) is 10.9 Å². The van der Waals surface area contributed by atoms with E-state index in [1.165, 1.54) is 6.07 Å². The van der Waals surface area contributed by atoms with Crippen LogP contribution in [0, 0.1) is 0 Å². The van der Waals surface area contributed by atoms with E-state index in [9.17, 15) is 13.2 Å². The van der Waals surface area contributed by atoms with Gasteiger partial charge in [-0.3, -0.25) is 4.79 Å². The summed E-state index contributed by atoms with van der Waals surface area (Å²) in [6, 6.07) is 3.72. The molecule has 1 unspecified atom stereocenters. The van der Waals surface area contributed by atoms with Gasteiger partial charge in [0.25, 0.3) is 0 Å². The molecule has 1 atom stereocenters. The van der Waals surface area contributed by atoms with Crippen LogP contribution < -0.4 is 10.5 Å². The van der Waals surface area contributed by atoms with Gasteiger partial charge in [0.15, 0.2) is 0 Å². The second-order valence-electron chi connectivity index (χ2n) is 5.07. The minimum Gasteiger partial charge on any atom is -0.399 e. The number of hydrogen-bond donors (Lipinski definition) is 2. The number of carbonyl (C=O) groups excluding carboxylic acids is 1. The van der Waals surface area contributed by atoms with Crippen molar-refractivity contribution >= 4 is 37.5 Å². The third-order valence-corrected chi connectivity index (χ3v) is 5.90. The van der Waals surface area contributed by atoms with Crippen LogP contribution in [0.1, 0.15) is 19.8 Å². The lowest BCUT2D eigenvalue weighted by molar-refractivity contribution is -0.131. The Hall–Kier alpha value is -1.12. The highest BCUT2D eigenvalue weighted by Gasteiger charge is 2.28. The summed E-state index contributed by atoms with van der Waals surface area (Å²) in [7, 11) is -3.81. The molecule has 0 saturated carbocycles. The van der Waals surface area contributed by atoms with Crippen LogP contribution in [0.25, 0.3) is 0 Å². The maximum atomic E-state index is 12.4. The number of hydrogen-bond acceptors (Lipinski definition) is 4. The second kappa shape index (κ2) is 6.33. The molecule has 1 aromatic rings. The molecular formula is C13H18BrN3O3S. The van der Waals surface area contributed by atoms with E-state index in [1.807, 2.05) is 0 Å². The highest BCUT2D eigenvalue weighted by atomic mass is 79.9. The number of sulfonamides is 1. The Labute approximate surface area is 132 Å². The molecule has 0 aliphatic carbocycles. The average Bonchev–Trinajstić information content (AvgIpc) is 2.94. The Balaban J connectivity index is 2.16. The third kappa shape index (κ3) is 3.75. The number of nitrogen functional groups attached to an aromatic ring is 1. The highest BCUT2D eigenvalue weighted by Crippen LogP contribution is 2.24. The summed E-state index contributed by atoms with van der Waals surface area (Å²) in [4.78, 5) is 13.9. The largest absolute Gasteiger partial charge is 0.399 e. The number of rotatable bonds is 4. The lowest BCUT2D eigenvalue weighted by atomic mass is 10.3. The fourth-order valence-corrected chi connectivity index (χ4v) is 4.48. The number of benzene rings is 1. The number of halogens is 1. The average molecular weight is 376 g/mol. The smallest absolute Gasteiger partial charge is 0.242 e. The van der Waals surface area contributed by atoms with E-state index in [1.54, 1.807) is 24.0 Å². The van der Waals surface area contributed by atoms with E-state index in [0.29, 0.717) is 23.2 Å². The summed E-state index contributed by atoms with van der Waals surface area (Å²) >= 11 is 3.19. The SMILES string of the molecule is CC(NS(=O)(=O)c1cc(N)ccc1Br)C(=O)N1CCCC1. The van der Waals surface area contributed by atoms with Gasteiger partial charge in [-0.2, -0.15) is 4.72 Å². The third-order valence-electron chi connectivity index (χ3n) is 3.36. The molecule has 1 aromatic carbocycles. The summed E-state index contributed by atoms with van der Waals surface area (Å²) in [5, 5.41) is 0. The first-order valence-electron chi connectivity index (χ1n) is 6.67. The molecule has 0 radical (unpaired) electrons. The molecule has 1 aliphatic rings. The van der Waals surface area contributed by atoms with Crippen LogP contribution >= 0.6 is 15.9 Å². The maximum Gasteiger partial charge on any atom is 0.242 e. The summed E-state index contributed by atoms with van der Waals surface area (Å²) < 4.78 is 27.6. The Morgan fingerprint density at radius 1 is 1.38 bits per heavy atom. The summed E-state index contributed by atoms with van der Waals surface area (Å²) in [5.41, 5.74) is 5.97. The van der Waals surface area contributed by atoms with Crippen molar-refractivity contribution in [3.63, 3.8) is 0 Å². The quantitative estimate of drug-likeness (QED) is 0.776. The van der Waals surface area contributed by atoms with E-state index in [2.05, 4.69) is 20.7 Å². The molecule has 116 valence electrons. The molecule has 3 N–H and O–H groups in total. The topological polar surface area (TPSA) is 92.5 Å². The van der Waals surface area contributed by atoms with Gasteiger partial charge in [0, 0.05) is 23.2 Å². The Morgan fingerprint density at radius 3 is 2.62 bits per heavy atom. The molecule has 1 heterocycles. The molecule has 8 heteroatoms. The lowest BCUT2D eigenvalue weighted by Crippen LogP contribution is -2.45. The van der Waals surface area contributed by atoms with E-state index in [4.69, 9.17) is 5.73 Å². The highest BCUT2D eigenvalue weighted by molar-refractivity contribution is 9.10. The van der Waals surface area contributed by atoms with Crippen molar-refractivity contribution in [3.05, 3.63) is 22.7 Å². The molecule has 0 aromatic heterocycles. The van der Waals surface area contributed by atoms with Gasteiger partial charge >= 0.3 is 0 Å². The normalized spacial score (nSPS) is 17.0. The van der Waals surface area contributed by atoms with Crippen LogP contribution in [0.15, 0.2) is 27.6 Å². The molecule has 0 bridgehead atoms. The number of nitrogens with one attached hydrogen (secondary N) is 1. The van der Waals surface area contributed by atoms with Gasteiger partial charge in [-0.1, -0.05) is 0 Å². The number of anilines is 1. The minimum atomic E-state index is -3.81. The lowest BCUT2D eigenvalue weighted by Gasteiger charge is -2.21. The van der Waals surface area contributed by atoms with Gasteiger partial charge in [-0.15, -0.1) is 0 Å². The van der Waals surface area contributed by atoms with E-state index in [0.717, 1.165) is 12.8 Å². The number of likely N-dealkylation sites (tertiary alicyclic amines) is 1. The summed E-state index contributed by atoms with van der Waals surface area (Å²) in [6.07, 6.45) is 1.93. The van der Waals surface area contributed by atoms with Crippen molar-refractivity contribution in [1.82, 2.24) is 9.62 Å². The molecule has 0 spiro atoms. The Bertz CT molecular complexity index is 642. The zero-order valence-electron chi connectivity index (χ0n) is 11.7. The predicted octanol–water partition coefficient (Wildman–Crippen LogP) is 1.32. The molecule has 1 amide bonds. The van der Waals surface area contributed by atoms with Crippen LogP contribution in [-0.2, 0) is 14.8 Å². The Kier molecular flexibility index (Phi) is 4.90. The van der Waals surface area contributed by atoms with Crippen LogP contribution in [-0.4, -0.2) is 38.4 Å². The monoisotopic (exact) mass is 375 g/mol. The molecule has 6 nitrogen and oxygen atoms in total. The first-order chi connectivity index (χ1) is 9.81. The van der Waals surface area contributed by atoms with Crippen LogP contribution in [0.3, 0.4) is 0 Å². The number of nitrogens with zero attached hydrogens (tertiary/aromatic N) is 1. The first kappa shape index (κ1) is 16.3. The van der Waals surface area contributed by atoms with E-state index < -0.39 is 16.1 Å². The zero-order chi connectivity index (χ0) is 15.6. The Morgan fingerprint density at radius 2 is 2.00 bits per heavy atom. The van der Waals surface area contributed by atoms with Crippen molar-refractivity contribution in [2.75, 3.05) is 18.8 Å². The predicted molar refractivity (Wildman–Crippen MR) is 84.2 cm³/mol. The molecule has 21 heavy (non-hydrogen) atoms. The van der Waals surface area contributed by atoms with Gasteiger partial charge in [0.1, 0.15) is 0 Å². The van der Waals surface area contributed by atoms with Gasteiger partial charge in [-0.05, 0) is 53.9 Å². The van der Waals surface area contributed by atoms with Gasteiger partial charge in [0.2, 0.25) is 15.9 Å². The van der Waals surface area contributed by atoms with E-state index in [-0.39, 0.29) is 10.8 Å². The van der Waals surface area contributed by atoms with Crippen LogP contribution in [0.4, 0.5) is 5.69 Å². The van der Waals surface area contributed by atoms with Crippen molar-refractivity contribution in [3.8, 4) is 0 Å². The number of carbonyl (C=O) groups is 1. The van der Waals surface area contributed by atoms with Crippen molar-refractivity contribution in [1.29, 1.82) is 0 Å². The fourth-order valence-electron chi connectivity index (χ4n) is 2.28. The molecule has 1 fully saturated rings. The van der Waals surface area contributed by atoms with Crippen LogP contribution in [0.2, 0.25) is 0 Å². The van der Waals surface area contributed by atoms with Crippen molar-refractivity contribution < 1.29 is 13.2 Å². The molecule has 1 aliphatic heterocycles. The first-order valence-corrected chi connectivity index (χ1v) is 8.95. The molecular weight excluding hydrogens is 358 g/mol. The second-order valence-corrected chi connectivity index (χ2v) is 7.60. The van der Waals surface area contributed by atoms with Crippen molar-refractivity contribution in [2.45, 2.75) is 30.7 Å². The molecule has 1 saturated heterocycles. The van der Waals surface area contributed by atoms with Gasteiger partial charge < -0.3 is 10.6 Å². The zero-order valence-corrected chi connectivity index (χ0v) is 14.1. The maximum absolute atomic E-state index is 12.4. The van der Waals surface area contributed by atoms with Crippen molar-refractivity contribution in [2.24, 2.45) is 0 Å². The standard InChI is InChI=1S/C13H18BrN3O3S/c1-9(13(18)17-6-2-3-7-17)16-21(19,20)12-8-10(15)4-5-11(12)14/h4-5,8-9,16H,2-3,6-7,15H2,1H3. The summed E-state index contributed by atoms with van der Waals surface area (Å²) in [5.74, 6) is -0.198.